The van der Waals surface area contributed by atoms with Gasteiger partial charge in [0, 0.05) is 43.5 Å². The van der Waals surface area contributed by atoms with Crippen LogP contribution in [-0.4, -0.2) is 77.2 Å². The van der Waals surface area contributed by atoms with Gasteiger partial charge in [0.2, 0.25) is 10.0 Å². The number of carbonyl (C=O) groups is 2. The molecule has 3 aliphatic rings. The van der Waals surface area contributed by atoms with Gasteiger partial charge in [0.15, 0.2) is 5.17 Å². The Hall–Kier alpha value is -3.74. The van der Waals surface area contributed by atoms with E-state index in [0.717, 1.165) is 24.9 Å². The van der Waals surface area contributed by atoms with E-state index in [9.17, 15) is 18.0 Å². The molecule has 0 N–H and O–H groups in total. The second-order valence-electron chi connectivity index (χ2n) is 11.0. The van der Waals surface area contributed by atoms with Crippen LogP contribution >= 0.6 is 11.8 Å². The molecule has 0 aliphatic carbocycles. The number of esters is 1. The van der Waals surface area contributed by atoms with Crippen LogP contribution < -0.4 is 0 Å². The zero-order chi connectivity index (χ0) is 30.7. The van der Waals surface area contributed by atoms with Gasteiger partial charge in [-0.05, 0) is 74.7 Å². The molecule has 0 atom stereocenters. The number of nitrogens with zero attached hydrogens (tertiary/aromatic N) is 5. The summed E-state index contributed by atoms with van der Waals surface area (Å²) in [6, 6.07) is 16.5. The molecule has 0 saturated carbocycles. The van der Waals surface area contributed by atoms with Crippen LogP contribution in [0.15, 0.2) is 75.6 Å². The number of amidine groups is 1. The largest absolute Gasteiger partial charge is 0.466 e. The van der Waals surface area contributed by atoms with Gasteiger partial charge in [-0.3, -0.25) is 9.59 Å². The molecule has 0 bridgehead atoms. The van der Waals surface area contributed by atoms with Gasteiger partial charge in [0.25, 0.3) is 5.91 Å². The number of rotatable bonds is 7. The highest BCUT2D eigenvalue weighted by Gasteiger charge is 2.32. The van der Waals surface area contributed by atoms with Crippen molar-refractivity contribution >= 4 is 44.9 Å². The lowest BCUT2D eigenvalue weighted by atomic mass is 9.97. The molecule has 0 spiro atoms. The molecule has 44 heavy (non-hydrogen) atoms. The van der Waals surface area contributed by atoms with Crippen LogP contribution in [0.4, 0.5) is 0 Å². The van der Waals surface area contributed by atoms with Crippen molar-refractivity contribution in [1.29, 1.82) is 0 Å². The van der Waals surface area contributed by atoms with E-state index in [1.807, 2.05) is 47.5 Å². The summed E-state index contributed by atoms with van der Waals surface area (Å²) >= 11 is 1.31. The molecule has 3 aromatic rings. The molecule has 2 fully saturated rings. The van der Waals surface area contributed by atoms with Gasteiger partial charge in [0.1, 0.15) is 5.69 Å². The molecule has 2 aromatic carbocycles. The Labute approximate surface area is 261 Å². The third-order valence-corrected chi connectivity index (χ3v) is 11.0. The van der Waals surface area contributed by atoms with E-state index in [0.29, 0.717) is 72.5 Å². The number of para-hydroxylation sites is 1. The first kappa shape index (κ1) is 30.3. The van der Waals surface area contributed by atoms with Crippen LogP contribution in [0, 0.1) is 5.92 Å². The fourth-order valence-electron chi connectivity index (χ4n) is 5.73. The molecule has 1 aromatic heterocycles. The second kappa shape index (κ2) is 13.1. The highest BCUT2D eigenvalue weighted by Crippen LogP contribution is 2.35. The third kappa shape index (κ3) is 6.38. The molecular weight excluding hydrogens is 599 g/mol. The predicted molar refractivity (Wildman–Crippen MR) is 171 cm³/mol. The number of hydrogen-bond donors (Lipinski definition) is 0. The second-order valence-corrected chi connectivity index (χ2v) is 14.0. The standard InChI is InChI=1S/C32H35N5O5S2/c1-2-42-31(39)23-14-18-35(19-15-23)32-33-30(38)28(43-32)21-25-22-37(26-11-5-3-6-12-26)34-29(25)24-10-9-13-27(20-24)44(40,41)36-16-7-4-8-17-36/h3,5-6,9-13,20-23H,2,4,7-8,14-19H2,1H3/b28-21-. The van der Waals surface area contributed by atoms with Crippen LogP contribution in [0.25, 0.3) is 23.0 Å². The summed E-state index contributed by atoms with van der Waals surface area (Å²) in [5.41, 5.74) is 2.72. The number of benzene rings is 2. The van der Waals surface area contributed by atoms with E-state index in [1.165, 1.54) is 11.8 Å². The SMILES string of the molecule is CCOC(=O)C1CCN(C2=NC(=O)/C(=C/c3cn(-c4ccccc4)nc3-c3cccc(S(=O)(=O)N4CCCCC4)c3)S2)CC1. The number of aliphatic imine (C=N–C) groups is 1. The number of hydrogen-bond acceptors (Lipinski definition) is 8. The number of carbonyl (C=O) groups excluding carboxylic acids is 2. The van der Waals surface area contributed by atoms with Crippen LogP contribution in [-0.2, 0) is 24.3 Å². The summed E-state index contributed by atoms with van der Waals surface area (Å²) in [4.78, 5) is 32.3. The normalized spacial score (nSPS) is 19.4. The van der Waals surface area contributed by atoms with Gasteiger partial charge in [-0.25, -0.2) is 13.1 Å². The Morgan fingerprint density at radius 1 is 1.02 bits per heavy atom. The van der Waals surface area contributed by atoms with Gasteiger partial charge in [-0.15, -0.1) is 0 Å². The van der Waals surface area contributed by atoms with E-state index >= 15 is 0 Å². The summed E-state index contributed by atoms with van der Waals surface area (Å²) < 4.78 is 35.4. The fraction of sp³-hybridized carbons (Fsp3) is 0.375. The van der Waals surface area contributed by atoms with Crippen molar-refractivity contribution in [3.63, 3.8) is 0 Å². The quantitative estimate of drug-likeness (QED) is 0.265. The minimum absolute atomic E-state index is 0.134. The van der Waals surface area contributed by atoms with E-state index < -0.39 is 10.0 Å². The molecule has 10 nitrogen and oxygen atoms in total. The molecule has 1 amide bonds. The third-order valence-electron chi connectivity index (χ3n) is 8.10. The lowest BCUT2D eigenvalue weighted by Gasteiger charge is -2.31. The van der Waals surface area contributed by atoms with Crippen LogP contribution in [0.1, 0.15) is 44.6 Å². The maximum atomic E-state index is 13.5. The summed E-state index contributed by atoms with van der Waals surface area (Å²) in [6.07, 6.45) is 7.68. The van der Waals surface area contributed by atoms with Crippen LogP contribution in [0.2, 0.25) is 0 Å². The first-order valence-electron chi connectivity index (χ1n) is 15.0. The number of sulfonamides is 1. The topological polar surface area (TPSA) is 114 Å². The Bertz CT molecular complexity index is 1700. The van der Waals surface area contributed by atoms with Crippen LogP contribution in [0.3, 0.4) is 0 Å². The van der Waals surface area contributed by atoms with Crippen molar-refractivity contribution < 1.29 is 22.7 Å². The number of piperidine rings is 2. The molecule has 12 heteroatoms. The van der Waals surface area contributed by atoms with Gasteiger partial charge >= 0.3 is 5.97 Å². The van der Waals surface area contributed by atoms with E-state index in [-0.39, 0.29) is 22.7 Å². The molecule has 6 rings (SSSR count). The molecule has 4 heterocycles. The Kier molecular flexibility index (Phi) is 9.01. The van der Waals surface area contributed by atoms with E-state index in [1.54, 1.807) is 40.2 Å². The average molecular weight is 634 g/mol. The first-order chi connectivity index (χ1) is 21.3. The lowest BCUT2D eigenvalue weighted by molar-refractivity contribution is -0.149. The maximum absolute atomic E-state index is 13.5. The Balaban J connectivity index is 1.29. The number of aromatic nitrogens is 2. The number of amides is 1. The van der Waals surface area contributed by atoms with Gasteiger partial charge in [0.05, 0.1) is 28.0 Å². The van der Waals surface area contributed by atoms with Crippen molar-refractivity contribution in [3.05, 3.63) is 71.3 Å². The highest BCUT2D eigenvalue weighted by molar-refractivity contribution is 8.18. The molecular formula is C32H35N5O5S2. The summed E-state index contributed by atoms with van der Waals surface area (Å²) in [7, 11) is -3.64. The maximum Gasteiger partial charge on any atom is 0.309 e. The highest BCUT2D eigenvalue weighted by atomic mass is 32.2. The average Bonchev–Trinajstić information content (AvgIpc) is 3.65. The molecule has 0 unspecified atom stereocenters. The smallest absolute Gasteiger partial charge is 0.309 e. The summed E-state index contributed by atoms with van der Waals surface area (Å²) in [6.45, 7) is 4.45. The number of ether oxygens (including phenoxy) is 1. The van der Waals surface area contributed by atoms with Crippen molar-refractivity contribution in [1.82, 2.24) is 19.0 Å². The Morgan fingerprint density at radius 2 is 1.77 bits per heavy atom. The molecule has 2 saturated heterocycles. The number of thioether (sulfide) groups is 1. The summed E-state index contributed by atoms with van der Waals surface area (Å²) in [5.74, 6) is -0.636. The van der Waals surface area contributed by atoms with Gasteiger partial charge < -0.3 is 9.64 Å². The van der Waals surface area contributed by atoms with Crippen molar-refractivity contribution in [2.45, 2.75) is 43.9 Å². The molecule has 3 aliphatic heterocycles. The fourth-order valence-corrected chi connectivity index (χ4v) is 8.25. The first-order valence-corrected chi connectivity index (χ1v) is 17.3. The predicted octanol–water partition coefficient (Wildman–Crippen LogP) is 4.96. The number of likely N-dealkylation sites (tertiary alicyclic amines) is 1. The van der Waals surface area contributed by atoms with Crippen LogP contribution in [0.5, 0.6) is 0 Å². The summed E-state index contributed by atoms with van der Waals surface area (Å²) in [5, 5.41) is 5.47. The zero-order valence-electron chi connectivity index (χ0n) is 24.6. The van der Waals surface area contributed by atoms with E-state index in [4.69, 9.17) is 9.84 Å². The minimum atomic E-state index is -3.64. The van der Waals surface area contributed by atoms with Gasteiger partial charge in [-0.2, -0.15) is 14.4 Å². The minimum Gasteiger partial charge on any atom is -0.466 e. The van der Waals surface area contributed by atoms with Crippen molar-refractivity contribution in [2.75, 3.05) is 32.8 Å². The van der Waals surface area contributed by atoms with Crippen molar-refractivity contribution in [2.24, 2.45) is 10.9 Å². The Morgan fingerprint density at radius 3 is 2.50 bits per heavy atom. The molecule has 0 radical (unpaired) electrons. The molecule has 230 valence electrons. The lowest BCUT2D eigenvalue weighted by Crippen LogP contribution is -2.39. The monoisotopic (exact) mass is 633 g/mol. The van der Waals surface area contributed by atoms with Gasteiger partial charge in [-0.1, -0.05) is 36.8 Å². The zero-order valence-corrected chi connectivity index (χ0v) is 26.2. The van der Waals surface area contributed by atoms with E-state index in [2.05, 4.69) is 4.99 Å². The van der Waals surface area contributed by atoms with Crippen molar-refractivity contribution in [3.8, 4) is 16.9 Å².